The lowest BCUT2D eigenvalue weighted by Crippen LogP contribution is -2.49. The van der Waals surface area contributed by atoms with Gasteiger partial charge in [-0.1, -0.05) is 32.0 Å². The molecule has 1 N–H and O–H groups in total. The molecule has 4 nitrogen and oxygen atoms in total. The molecule has 4 heteroatoms. The van der Waals surface area contributed by atoms with Crippen LogP contribution in [0.3, 0.4) is 0 Å². The zero-order valence-corrected chi connectivity index (χ0v) is 11.6. The van der Waals surface area contributed by atoms with Crippen LogP contribution in [0.5, 0.6) is 5.75 Å². The first kappa shape index (κ1) is 13.9. The van der Waals surface area contributed by atoms with Crippen LogP contribution in [0.25, 0.3) is 0 Å². The van der Waals surface area contributed by atoms with Crippen molar-refractivity contribution in [1.82, 2.24) is 0 Å². The predicted molar refractivity (Wildman–Crippen MR) is 70.8 cm³/mol. The fourth-order valence-corrected chi connectivity index (χ4v) is 2.86. The molecule has 19 heavy (non-hydrogen) atoms. The van der Waals surface area contributed by atoms with Crippen molar-refractivity contribution in [2.75, 3.05) is 13.7 Å². The Balaban J connectivity index is 2.53. The maximum Gasteiger partial charge on any atom is 0.311 e. The first-order valence-electron chi connectivity index (χ1n) is 6.58. The van der Waals surface area contributed by atoms with Crippen LogP contribution in [0.1, 0.15) is 25.8 Å². The van der Waals surface area contributed by atoms with E-state index in [1.807, 2.05) is 38.1 Å². The van der Waals surface area contributed by atoms with Crippen LogP contribution in [0.4, 0.5) is 0 Å². The molecule has 1 aliphatic rings. The van der Waals surface area contributed by atoms with Crippen molar-refractivity contribution in [2.24, 2.45) is 11.8 Å². The van der Waals surface area contributed by atoms with E-state index in [0.717, 1.165) is 0 Å². The van der Waals surface area contributed by atoms with Crippen LogP contribution in [0.15, 0.2) is 24.3 Å². The summed E-state index contributed by atoms with van der Waals surface area (Å²) in [6.07, 6.45) is 0.516. The summed E-state index contributed by atoms with van der Waals surface area (Å²) in [4.78, 5) is 12.0. The van der Waals surface area contributed by atoms with E-state index < -0.39 is 11.5 Å². The molecule has 0 amide bonds. The Kier molecular flexibility index (Phi) is 3.80. The SMILES string of the molecule is CCC(C(=O)OC)C1(O)c2ccccc2OCC1C. The second-order valence-corrected chi connectivity index (χ2v) is 5.02. The van der Waals surface area contributed by atoms with Gasteiger partial charge in [0, 0.05) is 11.5 Å². The number of esters is 1. The molecule has 0 bridgehead atoms. The summed E-state index contributed by atoms with van der Waals surface area (Å²) < 4.78 is 10.5. The molecule has 1 aromatic carbocycles. The molecule has 0 aromatic heterocycles. The molecule has 0 radical (unpaired) electrons. The standard InChI is InChI=1S/C15H20O4/c1-4-11(14(16)18-3)15(17)10(2)9-19-13-8-6-5-7-12(13)15/h5-8,10-11,17H,4,9H2,1-3H3. The second-order valence-electron chi connectivity index (χ2n) is 5.02. The largest absolute Gasteiger partial charge is 0.493 e. The minimum Gasteiger partial charge on any atom is -0.493 e. The van der Waals surface area contributed by atoms with Gasteiger partial charge in [0.2, 0.25) is 0 Å². The van der Waals surface area contributed by atoms with Crippen molar-refractivity contribution < 1.29 is 19.4 Å². The summed E-state index contributed by atoms with van der Waals surface area (Å²) >= 11 is 0. The van der Waals surface area contributed by atoms with Gasteiger partial charge < -0.3 is 14.6 Å². The molecule has 0 aliphatic carbocycles. The van der Waals surface area contributed by atoms with Crippen LogP contribution in [-0.4, -0.2) is 24.8 Å². The highest BCUT2D eigenvalue weighted by Crippen LogP contribution is 2.46. The number of hydrogen-bond donors (Lipinski definition) is 1. The van der Waals surface area contributed by atoms with Crippen LogP contribution < -0.4 is 4.74 Å². The summed E-state index contributed by atoms with van der Waals surface area (Å²) in [5.74, 6) is -0.497. The number of benzene rings is 1. The monoisotopic (exact) mass is 264 g/mol. The highest BCUT2D eigenvalue weighted by atomic mass is 16.5. The van der Waals surface area contributed by atoms with Gasteiger partial charge in [-0.05, 0) is 12.5 Å². The summed E-state index contributed by atoms with van der Waals surface area (Å²) in [5.41, 5.74) is -0.567. The Morgan fingerprint density at radius 2 is 2.26 bits per heavy atom. The summed E-state index contributed by atoms with van der Waals surface area (Å²) in [6.45, 7) is 4.16. The lowest BCUT2D eigenvalue weighted by atomic mass is 9.70. The van der Waals surface area contributed by atoms with E-state index in [9.17, 15) is 9.90 Å². The van der Waals surface area contributed by atoms with E-state index in [4.69, 9.17) is 9.47 Å². The quantitative estimate of drug-likeness (QED) is 0.849. The van der Waals surface area contributed by atoms with E-state index in [1.165, 1.54) is 7.11 Å². The number of methoxy groups -OCH3 is 1. The molecule has 3 unspecified atom stereocenters. The second kappa shape index (κ2) is 5.21. The van der Waals surface area contributed by atoms with Gasteiger partial charge in [0.1, 0.15) is 11.4 Å². The van der Waals surface area contributed by atoms with Gasteiger partial charge in [0.05, 0.1) is 19.6 Å². The maximum absolute atomic E-state index is 12.0. The molecule has 1 aromatic rings. The molecule has 0 saturated carbocycles. The molecule has 1 heterocycles. The van der Waals surface area contributed by atoms with E-state index in [2.05, 4.69) is 0 Å². The van der Waals surface area contributed by atoms with Crippen molar-refractivity contribution >= 4 is 5.97 Å². The Bertz CT molecular complexity index is 471. The number of rotatable bonds is 3. The van der Waals surface area contributed by atoms with Gasteiger partial charge in [-0.15, -0.1) is 0 Å². The van der Waals surface area contributed by atoms with Gasteiger partial charge >= 0.3 is 5.97 Å². The van der Waals surface area contributed by atoms with Crippen LogP contribution in [0.2, 0.25) is 0 Å². The fraction of sp³-hybridized carbons (Fsp3) is 0.533. The number of fused-ring (bicyclic) bond motifs is 1. The van der Waals surface area contributed by atoms with Gasteiger partial charge in [0.25, 0.3) is 0 Å². The number of para-hydroxylation sites is 1. The Morgan fingerprint density at radius 1 is 1.58 bits per heavy atom. The Hall–Kier alpha value is -1.55. The van der Waals surface area contributed by atoms with Crippen molar-refractivity contribution in [2.45, 2.75) is 25.9 Å². The smallest absolute Gasteiger partial charge is 0.311 e. The van der Waals surface area contributed by atoms with Gasteiger partial charge in [0.15, 0.2) is 0 Å². The van der Waals surface area contributed by atoms with E-state index in [0.29, 0.717) is 24.3 Å². The van der Waals surface area contributed by atoms with E-state index >= 15 is 0 Å². The Morgan fingerprint density at radius 3 is 2.89 bits per heavy atom. The molecule has 0 spiro atoms. The van der Waals surface area contributed by atoms with Crippen molar-refractivity contribution in [1.29, 1.82) is 0 Å². The lowest BCUT2D eigenvalue weighted by molar-refractivity contribution is -0.166. The third-order valence-electron chi connectivity index (χ3n) is 3.98. The van der Waals surface area contributed by atoms with Crippen molar-refractivity contribution in [3.05, 3.63) is 29.8 Å². The van der Waals surface area contributed by atoms with Gasteiger partial charge in [-0.25, -0.2) is 0 Å². The highest BCUT2D eigenvalue weighted by Gasteiger charge is 2.50. The van der Waals surface area contributed by atoms with Crippen LogP contribution >= 0.6 is 0 Å². The third kappa shape index (κ3) is 2.10. The van der Waals surface area contributed by atoms with Gasteiger partial charge in [-0.3, -0.25) is 4.79 Å². The molecular weight excluding hydrogens is 244 g/mol. The minimum atomic E-state index is -1.24. The van der Waals surface area contributed by atoms with Crippen molar-refractivity contribution in [3.63, 3.8) is 0 Å². The lowest BCUT2D eigenvalue weighted by Gasteiger charge is -2.43. The number of ether oxygens (including phenoxy) is 2. The van der Waals surface area contributed by atoms with E-state index in [1.54, 1.807) is 0 Å². The number of carbonyl (C=O) groups is 1. The maximum atomic E-state index is 12.0. The zero-order valence-electron chi connectivity index (χ0n) is 11.6. The fourth-order valence-electron chi connectivity index (χ4n) is 2.86. The summed E-state index contributed by atoms with van der Waals surface area (Å²) in [6, 6.07) is 7.33. The third-order valence-corrected chi connectivity index (χ3v) is 3.98. The minimum absolute atomic E-state index is 0.175. The topological polar surface area (TPSA) is 55.8 Å². The Labute approximate surface area is 113 Å². The molecular formula is C15H20O4. The van der Waals surface area contributed by atoms with E-state index in [-0.39, 0.29) is 11.9 Å². The van der Waals surface area contributed by atoms with Crippen LogP contribution in [0, 0.1) is 11.8 Å². The normalized spacial score (nSPS) is 27.1. The first-order valence-corrected chi connectivity index (χ1v) is 6.58. The number of carbonyl (C=O) groups excluding carboxylic acids is 1. The zero-order chi connectivity index (χ0) is 14.0. The van der Waals surface area contributed by atoms with Crippen LogP contribution in [-0.2, 0) is 15.1 Å². The highest BCUT2D eigenvalue weighted by molar-refractivity contribution is 5.74. The molecule has 104 valence electrons. The molecule has 1 aliphatic heterocycles. The summed E-state index contributed by atoms with van der Waals surface area (Å²) in [7, 11) is 1.35. The summed E-state index contributed by atoms with van der Waals surface area (Å²) in [5, 5.41) is 11.2. The predicted octanol–water partition coefficient (Wildman–Crippen LogP) is 2.10. The van der Waals surface area contributed by atoms with Crippen molar-refractivity contribution in [3.8, 4) is 5.75 Å². The first-order chi connectivity index (χ1) is 9.05. The molecule has 3 atom stereocenters. The average Bonchev–Trinajstić information content (AvgIpc) is 2.44. The van der Waals surface area contributed by atoms with Gasteiger partial charge in [-0.2, -0.15) is 0 Å². The average molecular weight is 264 g/mol. The number of hydrogen-bond acceptors (Lipinski definition) is 4. The molecule has 2 rings (SSSR count). The molecule has 0 fully saturated rings. The number of aliphatic hydroxyl groups is 1. The molecule has 0 saturated heterocycles.